The fourth-order valence-corrected chi connectivity index (χ4v) is 2.19. The number of aliphatic hydroxyl groups is 1. The highest BCUT2D eigenvalue weighted by Crippen LogP contribution is 2.25. The van der Waals surface area contributed by atoms with Crippen molar-refractivity contribution in [2.24, 2.45) is 0 Å². The van der Waals surface area contributed by atoms with Crippen LogP contribution in [0.4, 0.5) is 0 Å². The Hall–Kier alpha value is -2.13. The summed E-state index contributed by atoms with van der Waals surface area (Å²) in [6, 6.07) is 16.0. The number of nitrogens with zero attached hydrogens (tertiary/aromatic N) is 2. The van der Waals surface area contributed by atoms with Crippen molar-refractivity contribution >= 4 is 11.0 Å². The van der Waals surface area contributed by atoms with E-state index < -0.39 is 5.60 Å². The molecule has 0 unspecified atom stereocenters. The molecule has 3 rings (SSSR count). The first-order chi connectivity index (χ1) is 9.05. The van der Waals surface area contributed by atoms with Crippen LogP contribution in [-0.4, -0.2) is 14.7 Å². The zero-order valence-electron chi connectivity index (χ0n) is 11.0. The highest BCUT2D eigenvalue weighted by molar-refractivity contribution is 5.78. The molecule has 3 nitrogen and oxygen atoms in total. The van der Waals surface area contributed by atoms with Gasteiger partial charge in [0, 0.05) is 5.69 Å². The Morgan fingerprint density at radius 1 is 1.05 bits per heavy atom. The predicted octanol–water partition coefficient (Wildman–Crippen LogP) is 3.25. The second kappa shape index (κ2) is 4.21. The number of aromatic nitrogens is 2. The van der Waals surface area contributed by atoms with Gasteiger partial charge < -0.3 is 5.11 Å². The minimum absolute atomic E-state index is 0.843. The molecule has 0 spiro atoms. The van der Waals surface area contributed by atoms with Gasteiger partial charge in [-0.15, -0.1) is 0 Å². The number of para-hydroxylation sites is 1. The Morgan fingerprint density at radius 3 is 2.47 bits per heavy atom. The van der Waals surface area contributed by atoms with Gasteiger partial charge in [-0.25, -0.2) is 4.98 Å². The highest BCUT2D eigenvalue weighted by Gasteiger charge is 2.17. The van der Waals surface area contributed by atoms with Crippen molar-refractivity contribution < 1.29 is 5.11 Å². The van der Waals surface area contributed by atoms with Crippen LogP contribution in [0.1, 0.15) is 19.4 Å². The molecule has 1 N–H and O–H groups in total. The maximum Gasteiger partial charge on any atom is 0.100 e. The zero-order valence-corrected chi connectivity index (χ0v) is 11.0. The topological polar surface area (TPSA) is 38.1 Å². The van der Waals surface area contributed by atoms with Crippen LogP contribution in [0.15, 0.2) is 54.9 Å². The highest BCUT2D eigenvalue weighted by atomic mass is 16.3. The second-order valence-electron chi connectivity index (χ2n) is 5.21. The summed E-state index contributed by atoms with van der Waals surface area (Å²) in [5, 5.41) is 10.0. The maximum absolute atomic E-state index is 10.0. The van der Waals surface area contributed by atoms with Crippen LogP contribution in [0.25, 0.3) is 16.7 Å². The summed E-state index contributed by atoms with van der Waals surface area (Å²) >= 11 is 0. The smallest absolute Gasteiger partial charge is 0.100 e. The third kappa shape index (κ3) is 2.13. The van der Waals surface area contributed by atoms with Gasteiger partial charge >= 0.3 is 0 Å². The van der Waals surface area contributed by atoms with Gasteiger partial charge in [-0.1, -0.05) is 24.3 Å². The minimum atomic E-state index is -0.843. The van der Waals surface area contributed by atoms with E-state index in [0.29, 0.717) is 0 Å². The van der Waals surface area contributed by atoms with Gasteiger partial charge in [0.25, 0.3) is 0 Å². The van der Waals surface area contributed by atoms with E-state index in [1.165, 1.54) is 0 Å². The molecule has 3 aromatic rings. The van der Waals surface area contributed by atoms with Crippen molar-refractivity contribution in [1.82, 2.24) is 9.55 Å². The molecular formula is C16H16N2O. The number of hydrogen-bond acceptors (Lipinski definition) is 2. The van der Waals surface area contributed by atoms with Crippen molar-refractivity contribution in [2.75, 3.05) is 0 Å². The molecule has 0 aliphatic heterocycles. The monoisotopic (exact) mass is 252 g/mol. The van der Waals surface area contributed by atoms with Gasteiger partial charge in [0.2, 0.25) is 0 Å². The Kier molecular flexibility index (Phi) is 2.64. The van der Waals surface area contributed by atoms with E-state index in [9.17, 15) is 5.11 Å². The van der Waals surface area contributed by atoms with E-state index in [4.69, 9.17) is 0 Å². The molecule has 2 aromatic carbocycles. The van der Waals surface area contributed by atoms with Gasteiger partial charge in [0.1, 0.15) is 6.33 Å². The Bertz CT molecular complexity index is 708. The number of fused-ring (bicyclic) bond motifs is 1. The molecule has 0 fully saturated rings. The first-order valence-electron chi connectivity index (χ1n) is 6.31. The average molecular weight is 252 g/mol. The van der Waals surface area contributed by atoms with Crippen molar-refractivity contribution in [3.05, 3.63) is 60.4 Å². The lowest BCUT2D eigenvalue weighted by molar-refractivity contribution is 0.0787. The molecule has 0 aliphatic rings. The third-order valence-corrected chi connectivity index (χ3v) is 3.29. The third-order valence-electron chi connectivity index (χ3n) is 3.29. The predicted molar refractivity (Wildman–Crippen MR) is 76.3 cm³/mol. The second-order valence-corrected chi connectivity index (χ2v) is 5.21. The Morgan fingerprint density at radius 2 is 1.79 bits per heavy atom. The molecule has 0 saturated carbocycles. The van der Waals surface area contributed by atoms with Crippen LogP contribution >= 0.6 is 0 Å². The molecule has 1 aromatic heterocycles. The first kappa shape index (κ1) is 11.9. The minimum Gasteiger partial charge on any atom is -0.386 e. The van der Waals surface area contributed by atoms with Crippen molar-refractivity contribution in [2.45, 2.75) is 19.4 Å². The van der Waals surface area contributed by atoms with Gasteiger partial charge in [-0.2, -0.15) is 0 Å². The van der Waals surface area contributed by atoms with Gasteiger partial charge in [-0.3, -0.25) is 4.57 Å². The maximum atomic E-state index is 10.0. The van der Waals surface area contributed by atoms with E-state index in [-0.39, 0.29) is 0 Å². The Labute approximate surface area is 112 Å². The quantitative estimate of drug-likeness (QED) is 0.760. The molecular weight excluding hydrogens is 236 g/mol. The fraction of sp³-hybridized carbons (Fsp3) is 0.188. The van der Waals surface area contributed by atoms with Crippen LogP contribution in [0, 0.1) is 0 Å². The van der Waals surface area contributed by atoms with Crippen LogP contribution in [0.5, 0.6) is 0 Å². The first-order valence-corrected chi connectivity index (χ1v) is 6.31. The lowest BCUT2D eigenvalue weighted by atomic mass is 9.98. The summed E-state index contributed by atoms with van der Waals surface area (Å²) in [5.74, 6) is 0. The van der Waals surface area contributed by atoms with Gasteiger partial charge in [0.15, 0.2) is 0 Å². The Balaban J connectivity index is 2.16. The van der Waals surface area contributed by atoms with Crippen LogP contribution < -0.4 is 0 Å². The van der Waals surface area contributed by atoms with E-state index in [1.54, 1.807) is 13.8 Å². The van der Waals surface area contributed by atoms with Crippen LogP contribution in [-0.2, 0) is 5.60 Å². The number of imidazole rings is 1. The van der Waals surface area contributed by atoms with E-state index in [1.807, 2.05) is 59.4 Å². The van der Waals surface area contributed by atoms with Gasteiger partial charge in [0.05, 0.1) is 16.6 Å². The van der Waals surface area contributed by atoms with E-state index >= 15 is 0 Å². The summed E-state index contributed by atoms with van der Waals surface area (Å²) in [4.78, 5) is 4.42. The molecule has 3 heteroatoms. The molecule has 0 radical (unpaired) electrons. The zero-order chi connectivity index (χ0) is 13.5. The molecule has 0 bridgehead atoms. The lowest BCUT2D eigenvalue weighted by Crippen LogP contribution is -2.15. The number of benzene rings is 2. The summed E-state index contributed by atoms with van der Waals surface area (Å²) in [6.07, 6.45) is 1.81. The molecule has 1 heterocycles. The van der Waals surface area contributed by atoms with E-state index in [2.05, 4.69) is 4.98 Å². The fourth-order valence-electron chi connectivity index (χ4n) is 2.19. The lowest BCUT2D eigenvalue weighted by Gasteiger charge is -2.17. The summed E-state index contributed by atoms with van der Waals surface area (Å²) in [6.45, 7) is 3.56. The normalized spacial score (nSPS) is 11.9. The molecule has 0 saturated heterocycles. The van der Waals surface area contributed by atoms with E-state index in [0.717, 1.165) is 22.3 Å². The summed E-state index contributed by atoms with van der Waals surface area (Å²) < 4.78 is 2.05. The van der Waals surface area contributed by atoms with Crippen LogP contribution in [0.3, 0.4) is 0 Å². The molecule has 0 atom stereocenters. The molecule has 0 aliphatic carbocycles. The summed E-state index contributed by atoms with van der Waals surface area (Å²) in [5.41, 5.74) is 3.05. The number of hydrogen-bond donors (Lipinski definition) is 1. The molecule has 96 valence electrons. The summed E-state index contributed by atoms with van der Waals surface area (Å²) in [7, 11) is 0. The van der Waals surface area contributed by atoms with Crippen molar-refractivity contribution in [3.63, 3.8) is 0 Å². The standard InChI is InChI=1S/C16H16N2O/c1-16(2,19)12-8-9-15-14(10-12)17-11-18(15)13-6-4-3-5-7-13/h3-11,19H,1-2H3. The average Bonchev–Trinajstić information content (AvgIpc) is 2.81. The van der Waals surface area contributed by atoms with Crippen molar-refractivity contribution in [3.8, 4) is 5.69 Å². The SMILES string of the molecule is CC(C)(O)c1ccc2c(c1)ncn2-c1ccccc1. The van der Waals surface area contributed by atoms with Crippen molar-refractivity contribution in [1.29, 1.82) is 0 Å². The van der Waals surface area contributed by atoms with Crippen LogP contribution in [0.2, 0.25) is 0 Å². The largest absolute Gasteiger partial charge is 0.386 e. The number of rotatable bonds is 2. The molecule has 19 heavy (non-hydrogen) atoms. The molecule has 0 amide bonds. The van der Waals surface area contributed by atoms with Gasteiger partial charge in [-0.05, 0) is 43.7 Å².